The highest BCUT2D eigenvalue weighted by atomic mass is 32.2. The largest absolute Gasteiger partial charge is 0.360 e. The van der Waals surface area contributed by atoms with Gasteiger partial charge in [0.2, 0.25) is 0 Å². The number of aromatic amines is 1. The Kier molecular flexibility index (Phi) is 4.64. The van der Waals surface area contributed by atoms with Gasteiger partial charge in [0.05, 0.1) is 37.6 Å². The second kappa shape index (κ2) is 7.22. The Hall–Kier alpha value is -2.69. The molecule has 0 saturated carbocycles. The summed E-state index contributed by atoms with van der Waals surface area (Å²) in [4.78, 5) is 7.42. The van der Waals surface area contributed by atoms with E-state index in [9.17, 15) is 8.42 Å². The van der Waals surface area contributed by atoms with Crippen LogP contribution < -0.4 is 4.72 Å². The van der Waals surface area contributed by atoms with Gasteiger partial charge in [-0.25, -0.2) is 4.72 Å². The number of rotatable bonds is 5. The van der Waals surface area contributed by atoms with Crippen LogP contribution in [0.5, 0.6) is 0 Å². The van der Waals surface area contributed by atoms with Crippen LogP contribution in [0.1, 0.15) is 35.0 Å². The van der Waals surface area contributed by atoms with Gasteiger partial charge in [-0.3, -0.25) is 9.99 Å². The average Bonchev–Trinajstić information content (AvgIpc) is 3.27. The normalized spacial score (nSPS) is 16.8. The molecule has 2 N–H and O–H groups in total. The minimum Gasteiger partial charge on any atom is -0.360 e. The molecule has 2 aliphatic heterocycles. The Morgan fingerprint density at radius 1 is 1.27 bits per heavy atom. The van der Waals surface area contributed by atoms with E-state index in [4.69, 9.17) is 5.10 Å². The lowest BCUT2D eigenvalue weighted by Gasteiger charge is -2.27. The van der Waals surface area contributed by atoms with Crippen molar-refractivity contribution in [2.75, 3.05) is 13.1 Å². The van der Waals surface area contributed by atoms with E-state index in [1.807, 2.05) is 36.7 Å². The number of H-pyrrole nitrogens is 1. The minimum atomic E-state index is -3.44. The summed E-state index contributed by atoms with van der Waals surface area (Å²) in [6.07, 6.45) is 8.27. The van der Waals surface area contributed by atoms with Crippen molar-refractivity contribution in [1.29, 1.82) is 0 Å². The third-order valence-corrected chi connectivity index (χ3v) is 7.65. The number of pyridine rings is 1. The predicted molar refractivity (Wildman–Crippen MR) is 115 cm³/mol. The van der Waals surface area contributed by atoms with Crippen molar-refractivity contribution in [3.63, 3.8) is 0 Å². The van der Waals surface area contributed by atoms with Crippen LogP contribution >= 0.6 is 0 Å². The lowest BCUT2D eigenvalue weighted by atomic mass is 10.0. The summed E-state index contributed by atoms with van der Waals surface area (Å²) in [6.45, 7) is 4.44. The molecule has 3 aromatic heterocycles. The number of hydrogen-bond acceptors (Lipinski definition) is 5. The number of hydrazone groups is 1. The second-order valence-corrected chi connectivity index (χ2v) is 9.49. The van der Waals surface area contributed by atoms with Gasteiger partial charge in [-0.1, -0.05) is 6.92 Å². The zero-order chi connectivity index (χ0) is 20.9. The van der Waals surface area contributed by atoms with E-state index in [-0.39, 0.29) is 0 Å². The van der Waals surface area contributed by atoms with Crippen molar-refractivity contribution in [1.82, 2.24) is 28.6 Å². The van der Waals surface area contributed by atoms with Gasteiger partial charge in [0.1, 0.15) is 0 Å². The fourth-order valence-corrected chi connectivity index (χ4v) is 5.64. The Bertz CT molecular complexity index is 1240. The van der Waals surface area contributed by atoms with Gasteiger partial charge >= 0.3 is 0 Å². The van der Waals surface area contributed by atoms with E-state index in [1.54, 1.807) is 13.1 Å². The van der Waals surface area contributed by atoms with Crippen molar-refractivity contribution in [2.24, 2.45) is 12.1 Å². The first-order chi connectivity index (χ1) is 14.5. The quantitative estimate of drug-likeness (QED) is 0.644. The van der Waals surface area contributed by atoms with E-state index < -0.39 is 10.2 Å². The van der Waals surface area contributed by atoms with E-state index >= 15 is 0 Å². The van der Waals surface area contributed by atoms with Crippen LogP contribution in [0.3, 0.4) is 0 Å². The topological polar surface area (TPSA) is 98.6 Å². The molecule has 3 aromatic rings. The summed E-state index contributed by atoms with van der Waals surface area (Å²) < 4.78 is 31.2. The molecule has 0 radical (unpaired) electrons. The molecule has 5 heterocycles. The average molecular weight is 428 g/mol. The standard InChI is InChI=1S/C20H25N7O2S/c1-3-24-30(28,29)27-7-5-16-17-9-23-26(12-19(17)25(2)20(16)13-27)11-14-8-22-18-10-21-6-4-15(14)18/h4,6,8-10,22,24H,3,5,7,11-13H2,1-2H3. The molecule has 9 nitrogen and oxygen atoms in total. The van der Waals surface area contributed by atoms with Gasteiger partial charge in [0.25, 0.3) is 10.2 Å². The van der Waals surface area contributed by atoms with Crippen molar-refractivity contribution in [3.8, 4) is 0 Å². The highest BCUT2D eigenvalue weighted by Gasteiger charge is 2.32. The molecular formula is C20H25N7O2S. The van der Waals surface area contributed by atoms with Gasteiger partial charge < -0.3 is 9.55 Å². The number of aromatic nitrogens is 3. The molecule has 0 spiro atoms. The van der Waals surface area contributed by atoms with E-state index in [1.165, 1.54) is 21.1 Å². The first kappa shape index (κ1) is 19.3. The highest BCUT2D eigenvalue weighted by molar-refractivity contribution is 7.87. The maximum atomic E-state index is 12.5. The molecule has 10 heteroatoms. The summed E-state index contributed by atoms with van der Waals surface area (Å²) in [7, 11) is -1.42. The van der Waals surface area contributed by atoms with Crippen LogP contribution in [0.15, 0.2) is 29.8 Å². The Labute approximate surface area is 175 Å². The van der Waals surface area contributed by atoms with Crippen molar-refractivity contribution in [2.45, 2.75) is 33.0 Å². The van der Waals surface area contributed by atoms with E-state index in [0.717, 1.165) is 22.2 Å². The summed E-state index contributed by atoms with van der Waals surface area (Å²) in [5, 5.41) is 7.89. The second-order valence-electron chi connectivity index (χ2n) is 7.73. The van der Waals surface area contributed by atoms with Crippen LogP contribution in [-0.2, 0) is 43.3 Å². The minimum absolute atomic E-state index is 0.386. The van der Waals surface area contributed by atoms with E-state index in [2.05, 4.69) is 19.3 Å². The third-order valence-electron chi connectivity index (χ3n) is 6.00. The number of nitrogens with one attached hydrogen (secondary N) is 2. The Morgan fingerprint density at radius 3 is 2.97 bits per heavy atom. The predicted octanol–water partition coefficient (Wildman–Crippen LogP) is 1.46. The van der Waals surface area contributed by atoms with Gasteiger partial charge in [0.15, 0.2) is 0 Å². The third kappa shape index (κ3) is 3.11. The molecule has 158 valence electrons. The zero-order valence-corrected chi connectivity index (χ0v) is 17.9. The maximum absolute atomic E-state index is 12.5. The molecule has 0 fully saturated rings. The van der Waals surface area contributed by atoms with E-state index in [0.29, 0.717) is 39.1 Å². The van der Waals surface area contributed by atoms with Gasteiger partial charge in [-0.2, -0.15) is 17.8 Å². The van der Waals surface area contributed by atoms with Crippen molar-refractivity contribution >= 4 is 27.3 Å². The van der Waals surface area contributed by atoms with Gasteiger partial charge in [-0.15, -0.1) is 0 Å². The van der Waals surface area contributed by atoms with Crippen LogP contribution in [0, 0.1) is 0 Å². The Balaban J connectivity index is 1.40. The van der Waals surface area contributed by atoms with Crippen molar-refractivity contribution < 1.29 is 8.42 Å². The SMILES string of the molecule is CCNS(=O)(=O)N1CCc2c3c(n(C)c2C1)CN(Cc1c[nH]c2cnccc12)N=C3. The fraction of sp³-hybridized carbons (Fsp3) is 0.400. The van der Waals surface area contributed by atoms with Crippen LogP contribution in [0.4, 0.5) is 0 Å². The molecule has 0 atom stereocenters. The summed E-state index contributed by atoms with van der Waals surface area (Å²) in [5.74, 6) is 0. The summed E-state index contributed by atoms with van der Waals surface area (Å²) in [6, 6.07) is 2.01. The maximum Gasteiger partial charge on any atom is 0.279 e. The molecular weight excluding hydrogens is 402 g/mol. The molecule has 0 aliphatic carbocycles. The zero-order valence-electron chi connectivity index (χ0n) is 17.1. The van der Waals surface area contributed by atoms with Crippen LogP contribution in [0.25, 0.3) is 10.9 Å². The number of nitrogens with zero attached hydrogens (tertiary/aromatic N) is 5. The smallest absolute Gasteiger partial charge is 0.279 e. The number of hydrogen-bond donors (Lipinski definition) is 2. The molecule has 0 amide bonds. The van der Waals surface area contributed by atoms with Crippen LogP contribution in [-0.4, -0.2) is 51.6 Å². The number of fused-ring (bicyclic) bond motifs is 4. The van der Waals surface area contributed by atoms with Crippen LogP contribution in [0.2, 0.25) is 0 Å². The molecule has 0 aromatic carbocycles. The summed E-state index contributed by atoms with van der Waals surface area (Å²) >= 11 is 0. The van der Waals surface area contributed by atoms with Crippen molar-refractivity contribution in [3.05, 3.63) is 52.7 Å². The molecule has 5 rings (SSSR count). The lowest BCUT2D eigenvalue weighted by molar-refractivity contribution is 0.262. The molecule has 0 bridgehead atoms. The Morgan fingerprint density at radius 2 is 2.13 bits per heavy atom. The fourth-order valence-electron chi connectivity index (χ4n) is 4.47. The van der Waals surface area contributed by atoms with Gasteiger partial charge in [-0.05, 0) is 23.6 Å². The molecule has 30 heavy (non-hydrogen) atoms. The van der Waals surface area contributed by atoms with Gasteiger partial charge in [0, 0.05) is 54.9 Å². The summed E-state index contributed by atoms with van der Waals surface area (Å²) in [5.41, 5.74) is 6.79. The highest BCUT2D eigenvalue weighted by Crippen LogP contribution is 2.31. The first-order valence-corrected chi connectivity index (χ1v) is 11.5. The first-order valence-electron chi connectivity index (χ1n) is 10.1. The molecule has 0 unspecified atom stereocenters. The molecule has 2 aliphatic rings. The molecule has 0 saturated heterocycles. The lowest BCUT2D eigenvalue weighted by Crippen LogP contribution is -2.43. The monoisotopic (exact) mass is 427 g/mol.